The van der Waals surface area contributed by atoms with E-state index >= 15 is 0 Å². The van der Waals surface area contributed by atoms with Crippen molar-refractivity contribution in [2.24, 2.45) is 0 Å². The minimum atomic E-state index is -2.01. The molecule has 0 fully saturated rings. The molecule has 98 valence electrons. The lowest BCUT2D eigenvalue weighted by Crippen LogP contribution is -2.07. The lowest BCUT2D eigenvalue weighted by molar-refractivity contribution is -0.384. The van der Waals surface area contributed by atoms with E-state index < -0.39 is 16.3 Å². The maximum Gasteiger partial charge on any atom is 0.417 e. The number of nitrogens with zero attached hydrogens (tertiary/aromatic N) is 1. The molecule has 2 aromatic carbocycles. The quantitative estimate of drug-likeness (QED) is 0.621. The van der Waals surface area contributed by atoms with E-state index in [4.69, 9.17) is 8.37 Å². The van der Waals surface area contributed by atoms with Crippen molar-refractivity contribution in [3.05, 3.63) is 64.7 Å². The highest BCUT2D eigenvalue weighted by atomic mass is 32.2. The first kappa shape index (κ1) is 13.0. The fourth-order valence-corrected chi connectivity index (χ4v) is 1.84. The van der Waals surface area contributed by atoms with Crippen molar-refractivity contribution in [3.63, 3.8) is 0 Å². The van der Waals surface area contributed by atoms with Gasteiger partial charge in [0.05, 0.1) is 4.92 Å². The van der Waals surface area contributed by atoms with Gasteiger partial charge in [-0.15, -0.1) is 0 Å². The summed E-state index contributed by atoms with van der Waals surface area (Å²) in [4.78, 5) is 9.93. The molecule has 0 aliphatic heterocycles. The largest absolute Gasteiger partial charge is 0.417 e. The fourth-order valence-electron chi connectivity index (χ4n) is 1.27. The summed E-state index contributed by atoms with van der Waals surface area (Å²) in [5.41, 5.74) is -0.0675. The highest BCUT2D eigenvalue weighted by Crippen LogP contribution is 2.19. The van der Waals surface area contributed by atoms with Gasteiger partial charge in [-0.05, 0) is 24.3 Å². The summed E-state index contributed by atoms with van der Waals surface area (Å²) < 4.78 is 21.5. The average Bonchev–Trinajstić information content (AvgIpc) is 2.40. The van der Waals surface area contributed by atoms with Crippen LogP contribution in [0.1, 0.15) is 0 Å². The Balaban J connectivity index is 1.97. The van der Waals surface area contributed by atoms with E-state index in [1.165, 1.54) is 24.3 Å². The van der Waals surface area contributed by atoms with E-state index in [0.717, 1.165) is 0 Å². The average molecular weight is 279 g/mol. The lowest BCUT2D eigenvalue weighted by Gasteiger charge is -2.05. The molecule has 2 aromatic rings. The van der Waals surface area contributed by atoms with Gasteiger partial charge < -0.3 is 8.37 Å². The van der Waals surface area contributed by atoms with Gasteiger partial charge in [-0.1, -0.05) is 18.2 Å². The normalized spacial score (nSPS) is 11.6. The van der Waals surface area contributed by atoms with Crippen LogP contribution in [0.25, 0.3) is 0 Å². The van der Waals surface area contributed by atoms with Crippen LogP contribution < -0.4 is 8.37 Å². The van der Waals surface area contributed by atoms with Gasteiger partial charge in [0.15, 0.2) is 0 Å². The molecule has 0 aromatic heterocycles. The second-order valence-electron chi connectivity index (χ2n) is 3.43. The van der Waals surface area contributed by atoms with Gasteiger partial charge in [0.2, 0.25) is 0 Å². The molecule has 0 saturated heterocycles. The Morgan fingerprint density at radius 3 is 1.95 bits per heavy atom. The predicted molar refractivity (Wildman–Crippen MR) is 68.9 cm³/mol. The molecule has 19 heavy (non-hydrogen) atoms. The van der Waals surface area contributed by atoms with Crippen molar-refractivity contribution in [1.82, 2.24) is 0 Å². The first-order valence-corrected chi connectivity index (χ1v) is 6.23. The smallest absolute Gasteiger partial charge is 0.371 e. The van der Waals surface area contributed by atoms with Crippen LogP contribution in [0.15, 0.2) is 54.6 Å². The monoisotopic (exact) mass is 279 g/mol. The second kappa shape index (κ2) is 5.96. The van der Waals surface area contributed by atoms with Crippen LogP contribution in [0.5, 0.6) is 11.5 Å². The number of benzene rings is 2. The highest BCUT2D eigenvalue weighted by molar-refractivity contribution is 7.75. The minimum Gasteiger partial charge on any atom is -0.371 e. The van der Waals surface area contributed by atoms with Crippen molar-refractivity contribution in [3.8, 4) is 11.5 Å². The number of nitro groups is 1. The summed E-state index contributed by atoms with van der Waals surface area (Å²) in [6.07, 6.45) is 0. The van der Waals surface area contributed by atoms with Crippen molar-refractivity contribution in [1.29, 1.82) is 0 Å². The standard InChI is InChI=1S/C12H9NO5S/c14-13(15)10-6-8-12(9-7-10)18-19(16)17-11-4-2-1-3-5-11/h1-9H. The molecule has 0 bridgehead atoms. The van der Waals surface area contributed by atoms with Crippen LogP contribution in [-0.2, 0) is 11.4 Å². The third kappa shape index (κ3) is 3.78. The summed E-state index contributed by atoms with van der Waals surface area (Å²) in [6, 6.07) is 13.8. The van der Waals surface area contributed by atoms with Gasteiger partial charge in [-0.3, -0.25) is 10.1 Å². The molecule has 0 N–H and O–H groups in total. The van der Waals surface area contributed by atoms with Crippen LogP contribution in [-0.4, -0.2) is 9.13 Å². The molecule has 0 saturated carbocycles. The summed E-state index contributed by atoms with van der Waals surface area (Å²) in [6.45, 7) is 0. The molecule has 0 radical (unpaired) electrons. The van der Waals surface area contributed by atoms with Gasteiger partial charge in [-0.2, -0.15) is 4.21 Å². The topological polar surface area (TPSA) is 78.7 Å². The lowest BCUT2D eigenvalue weighted by atomic mass is 10.3. The molecular formula is C12H9NO5S. The number of non-ortho nitro benzene ring substituents is 1. The Kier molecular flexibility index (Phi) is 4.09. The molecule has 0 heterocycles. The van der Waals surface area contributed by atoms with E-state index in [1.807, 2.05) is 0 Å². The molecule has 0 aliphatic rings. The Labute approximate surface area is 111 Å². The molecule has 0 amide bonds. The van der Waals surface area contributed by atoms with Gasteiger partial charge in [0.1, 0.15) is 11.5 Å². The molecule has 0 aliphatic carbocycles. The zero-order chi connectivity index (χ0) is 13.7. The number of nitro benzene ring substituents is 1. The third-order valence-corrected chi connectivity index (χ3v) is 2.78. The zero-order valence-electron chi connectivity index (χ0n) is 9.59. The maximum atomic E-state index is 11.5. The van der Waals surface area contributed by atoms with Crippen molar-refractivity contribution in [2.45, 2.75) is 0 Å². The molecular weight excluding hydrogens is 270 g/mol. The fraction of sp³-hybridized carbons (Fsp3) is 0. The first-order chi connectivity index (χ1) is 9.15. The maximum absolute atomic E-state index is 11.5. The summed E-state index contributed by atoms with van der Waals surface area (Å²) in [5, 5.41) is 10.5. The SMILES string of the molecule is O=[N+]([O-])c1ccc(OS(=O)Oc2ccccc2)cc1. The van der Waals surface area contributed by atoms with E-state index in [2.05, 4.69) is 0 Å². The van der Waals surface area contributed by atoms with E-state index in [0.29, 0.717) is 5.75 Å². The Morgan fingerprint density at radius 1 is 0.895 bits per heavy atom. The Morgan fingerprint density at radius 2 is 1.42 bits per heavy atom. The summed E-state index contributed by atoms with van der Waals surface area (Å²) >= 11 is -2.01. The zero-order valence-corrected chi connectivity index (χ0v) is 10.4. The van der Waals surface area contributed by atoms with Gasteiger partial charge in [0.25, 0.3) is 5.69 Å². The number of hydrogen-bond donors (Lipinski definition) is 0. The van der Waals surface area contributed by atoms with Gasteiger partial charge in [-0.25, -0.2) is 0 Å². The molecule has 0 spiro atoms. The predicted octanol–water partition coefficient (Wildman–Crippen LogP) is 2.63. The minimum absolute atomic E-state index is 0.0675. The number of para-hydroxylation sites is 1. The van der Waals surface area contributed by atoms with Gasteiger partial charge >= 0.3 is 11.4 Å². The molecule has 6 nitrogen and oxygen atoms in total. The molecule has 7 heteroatoms. The van der Waals surface area contributed by atoms with Crippen LogP contribution >= 0.6 is 0 Å². The van der Waals surface area contributed by atoms with Crippen LogP contribution in [0.2, 0.25) is 0 Å². The van der Waals surface area contributed by atoms with Crippen molar-refractivity contribution < 1.29 is 17.5 Å². The number of rotatable bonds is 5. The summed E-state index contributed by atoms with van der Waals surface area (Å²) in [7, 11) is 0. The van der Waals surface area contributed by atoms with Gasteiger partial charge in [0, 0.05) is 12.1 Å². The first-order valence-electron chi connectivity index (χ1n) is 5.23. The Bertz CT molecular complexity index is 585. The third-order valence-electron chi connectivity index (χ3n) is 2.12. The molecule has 1 atom stereocenters. The van der Waals surface area contributed by atoms with E-state index in [1.54, 1.807) is 30.3 Å². The highest BCUT2D eigenvalue weighted by Gasteiger charge is 2.08. The van der Waals surface area contributed by atoms with Crippen LogP contribution in [0.4, 0.5) is 5.69 Å². The second-order valence-corrected chi connectivity index (χ2v) is 4.18. The van der Waals surface area contributed by atoms with Crippen molar-refractivity contribution in [2.75, 3.05) is 0 Å². The van der Waals surface area contributed by atoms with E-state index in [-0.39, 0.29) is 11.4 Å². The van der Waals surface area contributed by atoms with Crippen LogP contribution in [0.3, 0.4) is 0 Å². The van der Waals surface area contributed by atoms with Crippen molar-refractivity contribution >= 4 is 17.0 Å². The Hall–Kier alpha value is -2.41. The van der Waals surface area contributed by atoms with E-state index in [9.17, 15) is 14.3 Å². The van der Waals surface area contributed by atoms with Crippen LogP contribution in [0, 0.1) is 10.1 Å². The molecule has 2 rings (SSSR count). The number of hydrogen-bond acceptors (Lipinski definition) is 5. The molecule has 1 unspecified atom stereocenters. The summed E-state index contributed by atoms with van der Waals surface area (Å²) in [5.74, 6) is 0.627.